The molecule has 0 atom stereocenters. The van der Waals surface area contributed by atoms with E-state index in [0.29, 0.717) is 0 Å². The molecule has 0 aromatic carbocycles. The average molecular weight is 399 g/mol. The molecule has 14 heteroatoms. The molecule has 0 aliphatic heterocycles. The van der Waals surface area contributed by atoms with Gasteiger partial charge in [0.1, 0.15) is 0 Å². The molecule has 0 saturated heterocycles. The second-order valence-electron chi connectivity index (χ2n) is 4.98. The Balaban J connectivity index is 5.82. The van der Waals surface area contributed by atoms with Gasteiger partial charge in [0.2, 0.25) is 0 Å². The molecule has 0 aromatic heterocycles. The first-order chi connectivity index (χ1) is 10.9. The van der Waals surface area contributed by atoms with Crippen molar-refractivity contribution in [2.75, 3.05) is 13.1 Å². The van der Waals surface area contributed by atoms with Gasteiger partial charge in [-0.3, -0.25) is 0 Å². The quantitative estimate of drug-likeness (QED) is 0.592. The standard InChI is InChI=1S/C11H12F11NO2/c1-2-3-4-23(6(24)25)5-7(12,13)8(14,15)9(16,17)10(18,19)11(20,21)22/h2-5H2,1H3,(H,24,25). The fraction of sp³-hybridized carbons (Fsp3) is 0.909. The van der Waals surface area contributed by atoms with E-state index in [-0.39, 0.29) is 12.8 Å². The van der Waals surface area contributed by atoms with E-state index in [0.717, 1.165) is 0 Å². The van der Waals surface area contributed by atoms with Crippen LogP contribution in [0.25, 0.3) is 0 Å². The van der Waals surface area contributed by atoms with Crippen LogP contribution in [0.1, 0.15) is 19.8 Å². The van der Waals surface area contributed by atoms with Crippen molar-refractivity contribution >= 4 is 6.09 Å². The Morgan fingerprint density at radius 2 is 1.28 bits per heavy atom. The number of unbranched alkanes of at least 4 members (excludes halogenated alkanes) is 1. The second-order valence-corrected chi connectivity index (χ2v) is 4.98. The van der Waals surface area contributed by atoms with Crippen LogP contribution >= 0.6 is 0 Å². The maximum Gasteiger partial charge on any atom is 0.460 e. The molecule has 0 unspecified atom stereocenters. The molecule has 0 aliphatic carbocycles. The maximum atomic E-state index is 13.4. The summed E-state index contributed by atoms with van der Waals surface area (Å²) in [6.07, 6.45) is -9.53. The van der Waals surface area contributed by atoms with Crippen molar-refractivity contribution in [2.24, 2.45) is 0 Å². The van der Waals surface area contributed by atoms with Gasteiger partial charge in [-0.2, -0.15) is 48.3 Å². The number of carboxylic acid groups (broad SMARTS) is 1. The molecule has 0 saturated carbocycles. The van der Waals surface area contributed by atoms with Crippen LogP contribution in [0, 0.1) is 0 Å². The molecule has 0 radical (unpaired) electrons. The zero-order chi connectivity index (χ0) is 20.5. The third-order valence-corrected chi connectivity index (χ3v) is 3.05. The van der Waals surface area contributed by atoms with Crippen LogP contribution in [-0.4, -0.2) is 59.1 Å². The summed E-state index contributed by atoms with van der Waals surface area (Å²) in [6.45, 7) is -2.12. The van der Waals surface area contributed by atoms with E-state index in [4.69, 9.17) is 5.11 Å². The first-order valence-electron chi connectivity index (χ1n) is 6.42. The van der Waals surface area contributed by atoms with Gasteiger partial charge in [0.15, 0.2) is 0 Å². The third-order valence-electron chi connectivity index (χ3n) is 3.05. The van der Waals surface area contributed by atoms with Crippen molar-refractivity contribution in [3.63, 3.8) is 0 Å². The van der Waals surface area contributed by atoms with E-state index >= 15 is 0 Å². The van der Waals surface area contributed by atoms with Crippen molar-refractivity contribution in [2.45, 2.75) is 49.6 Å². The summed E-state index contributed by atoms with van der Waals surface area (Å²) in [4.78, 5) is 10.2. The van der Waals surface area contributed by atoms with E-state index in [1.807, 2.05) is 0 Å². The number of alkyl halides is 11. The number of carbonyl (C=O) groups is 1. The lowest BCUT2D eigenvalue weighted by Gasteiger charge is -2.38. The number of rotatable bonds is 8. The van der Waals surface area contributed by atoms with E-state index in [2.05, 4.69) is 0 Å². The van der Waals surface area contributed by atoms with Crippen LogP contribution < -0.4 is 0 Å². The van der Waals surface area contributed by atoms with Crippen LogP contribution in [0.4, 0.5) is 53.1 Å². The fourth-order valence-electron chi connectivity index (χ4n) is 1.54. The first kappa shape index (κ1) is 23.5. The molecule has 0 aliphatic rings. The Bertz CT molecular complexity index is 475. The Morgan fingerprint density at radius 1 is 0.840 bits per heavy atom. The molecular formula is C11H12F11NO2. The predicted molar refractivity (Wildman–Crippen MR) is 60.3 cm³/mol. The predicted octanol–water partition coefficient (Wildman–Crippen LogP) is 4.87. The van der Waals surface area contributed by atoms with Crippen molar-refractivity contribution in [3.8, 4) is 0 Å². The van der Waals surface area contributed by atoms with Gasteiger partial charge in [-0.1, -0.05) is 13.3 Å². The third kappa shape index (κ3) is 4.19. The maximum absolute atomic E-state index is 13.4. The van der Waals surface area contributed by atoms with Gasteiger partial charge in [-0.25, -0.2) is 4.79 Å². The molecule has 0 rings (SSSR count). The van der Waals surface area contributed by atoms with Gasteiger partial charge in [0, 0.05) is 6.54 Å². The zero-order valence-corrected chi connectivity index (χ0v) is 12.3. The molecule has 0 bridgehead atoms. The minimum absolute atomic E-state index is 0.161. The van der Waals surface area contributed by atoms with Crippen molar-refractivity contribution in [3.05, 3.63) is 0 Å². The van der Waals surface area contributed by atoms with Gasteiger partial charge in [-0.05, 0) is 6.42 Å². The van der Waals surface area contributed by atoms with Gasteiger partial charge < -0.3 is 10.0 Å². The molecule has 1 N–H and O–H groups in total. The molecule has 3 nitrogen and oxygen atoms in total. The molecular weight excluding hydrogens is 387 g/mol. The van der Waals surface area contributed by atoms with Crippen molar-refractivity contribution < 1.29 is 58.2 Å². The van der Waals surface area contributed by atoms with E-state index in [9.17, 15) is 53.1 Å². The lowest BCUT2D eigenvalue weighted by Crippen LogP contribution is -2.68. The van der Waals surface area contributed by atoms with Gasteiger partial charge in [-0.15, -0.1) is 0 Å². The van der Waals surface area contributed by atoms with Crippen LogP contribution in [0.5, 0.6) is 0 Å². The summed E-state index contributed by atoms with van der Waals surface area (Å²) in [5, 5.41) is 8.55. The van der Waals surface area contributed by atoms with E-state index < -0.39 is 53.9 Å². The highest BCUT2D eigenvalue weighted by molar-refractivity contribution is 5.65. The SMILES string of the molecule is CCCCN(CC(F)(F)C(F)(F)C(F)(F)C(F)(F)C(F)(F)F)C(=O)O. The highest BCUT2D eigenvalue weighted by Crippen LogP contribution is 2.57. The second kappa shape index (κ2) is 7.02. The number of hydrogen-bond donors (Lipinski definition) is 1. The summed E-state index contributed by atoms with van der Waals surface area (Å²) < 4.78 is 140. The number of nitrogens with zero attached hydrogens (tertiary/aromatic N) is 1. The van der Waals surface area contributed by atoms with Crippen LogP contribution in [0.3, 0.4) is 0 Å². The number of halogens is 11. The lowest BCUT2D eigenvalue weighted by atomic mass is 9.97. The summed E-state index contributed by atoms with van der Waals surface area (Å²) in [5.41, 5.74) is 0. The fourth-order valence-corrected chi connectivity index (χ4v) is 1.54. The van der Waals surface area contributed by atoms with E-state index in [1.54, 1.807) is 0 Å². The highest BCUT2D eigenvalue weighted by Gasteiger charge is 2.87. The molecule has 1 amide bonds. The largest absolute Gasteiger partial charge is 0.465 e. The van der Waals surface area contributed by atoms with Crippen LogP contribution in [-0.2, 0) is 0 Å². The lowest BCUT2D eigenvalue weighted by molar-refractivity contribution is -0.422. The monoisotopic (exact) mass is 399 g/mol. The Labute approximate surface area is 133 Å². The van der Waals surface area contributed by atoms with E-state index in [1.165, 1.54) is 6.92 Å². The molecule has 0 aromatic rings. The molecule has 150 valence electrons. The van der Waals surface area contributed by atoms with Crippen molar-refractivity contribution in [1.82, 2.24) is 4.90 Å². The highest BCUT2D eigenvalue weighted by atomic mass is 19.4. The first-order valence-corrected chi connectivity index (χ1v) is 6.42. The normalized spacial score (nSPS) is 14.6. The summed E-state index contributed by atoms with van der Waals surface area (Å²) in [7, 11) is 0. The van der Waals surface area contributed by atoms with Crippen LogP contribution in [0.15, 0.2) is 0 Å². The molecule has 0 heterocycles. The summed E-state index contributed by atoms with van der Waals surface area (Å²) >= 11 is 0. The number of amides is 1. The van der Waals surface area contributed by atoms with Crippen LogP contribution in [0.2, 0.25) is 0 Å². The summed E-state index contributed by atoms with van der Waals surface area (Å²) in [6, 6.07) is 0. The zero-order valence-electron chi connectivity index (χ0n) is 12.3. The smallest absolute Gasteiger partial charge is 0.460 e. The van der Waals surface area contributed by atoms with Crippen molar-refractivity contribution in [1.29, 1.82) is 0 Å². The topological polar surface area (TPSA) is 40.5 Å². The molecule has 0 fully saturated rings. The summed E-state index contributed by atoms with van der Waals surface area (Å²) in [5.74, 6) is -28.4. The molecule has 0 spiro atoms. The minimum atomic E-state index is -7.53. The minimum Gasteiger partial charge on any atom is -0.465 e. The molecule has 25 heavy (non-hydrogen) atoms. The number of hydrogen-bond acceptors (Lipinski definition) is 1. The average Bonchev–Trinajstić information content (AvgIpc) is 2.41. The van der Waals surface area contributed by atoms with Gasteiger partial charge in [0.05, 0.1) is 6.54 Å². The Kier molecular flexibility index (Phi) is 6.60. The van der Waals surface area contributed by atoms with Gasteiger partial charge >= 0.3 is 36.0 Å². The van der Waals surface area contributed by atoms with Gasteiger partial charge in [0.25, 0.3) is 0 Å². The Hall–Kier alpha value is -1.50. The Morgan fingerprint density at radius 3 is 1.60 bits per heavy atom.